The fraction of sp³-hybridized carbons (Fsp3) is 0.235. The Labute approximate surface area is 149 Å². The van der Waals surface area contributed by atoms with Crippen LogP contribution in [-0.4, -0.2) is 24.9 Å². The molecule has 0 aliphatic rings. The lowest BCUT2D eigenvalue weighted by Crippen LogP contribution is -2.20. The lowest BCUT2D eigenvalue weighted by Gasteiger charge is -2.08. The molecule has 0 saturated heterocycles. The number of hydrogen-bond acceptors (Lipinski definition) is 4. The fourth-order valence-corrected chi connectivity index (χ4v) is 3.30. The van der Waals surface area contributed by atoms with E-state index in [1.165, 1.54) is 5.57 Å². The smallest absolute Gasteiger partial charge is 0.280 e. The first-order chi connectivity index (χ1) is 11.5. The van der Waals surface area contributed by atoms with E-state index in [9.17, 15) is 4.79 Å². The van der Waals surface area contributed by atoms with Crippen molar-refractivity contribution >= 4 is 29.0 Å². The van der Waals surface area contributed by atoms with Gasteiger partial charge in [0.2, 0.25) is 5.65 Å². The Kier molecular flexibility index (Phi) is 4.78. The molecule has 0 bridgehead atoms. The van der Waals surface area contributed by atoms with Crippen LogP contribution in [0.3, 0.4) is 0 Å². The maximum absolute atomic E-state index is 12.7. The minimum Gasteiger partial charge on any atom is -0.280 e. The molecule has 124 valence electrons. The van der Waals surface area contributed by atoms with Crippen molar-refractivity contribution < 1.29 is 0 Å². The maximum Gasteiger partial charge on any atom is 0.300 e. The van der Waals surface area contributed by atoms with E-state index in [2.05, 4.69) is 30.1 Å². The number of rotatable bonds is 4. The van der Waals surface area contributed by atoms with Crippen molar-refractivity contribution in [3.63, 3.8) is 0 Å². The van der Waals surface area contributed by atoms with Gasteiger partial charge in [-0.25, -0.2) is 0 Å². The summed E-state index contributed by atoms with van der Waals surface area (Å²) in [7, 11) is 0. The summed E-state index contributed by atoms with van der Waals surface area (Å²) in [6.07, 6.45) is 5.65. The van der Waals surface area contributed by atoms with E-state index in [1.807, 2.05) is 25.3 Å². The summed E-state index contributed by atoms with van der Waals surface area (Å²) < 4.78 is 3.28. The third-order valence-electron chi connectivity index (χ3n) is 3.56. The molecule has 1 aromatic carbocycles. The average molecular weight is 361 g/mol. The van der Waals surface area contributed by atoms with Crippen LogP contribution in [0.1, 0.15) is 19.4 Å². The third-order valence-corrected chi connectivity index (χ3v) is 4.86. The number of thioether (sulfide) groups is 1. The van der Waals surface area contributed by atoms with Gasteiger partial charge in [0.15, 0.2) is 5.16 Å². The standard InChI is InChI=1S/C17H17ClN4OS/c1-11(2)6-9-24-17-20-19-15-16(23)21(7-8-22(15)17)13-4-5-14(18)12(3)10-13/h4-8,10H,9H2,1-3H3. The summed E-state index contributed by atoms with van der Waals surface area (Å²) in [5.74, 6) is 0.794. The number of aromatic nitrogens is 4. The predicted octanol–water partition coefficient (Wildman–Crippen LogP) is 3.90. The average Bonchev–Trinajstić information content (AvgIpc) is 2.94. The Hall–Kier alpha value is -2.05. The Balaban J connectivity index is 2.01. The third kappa shape index (κ3) is 3.25. The zero-order chi connectivity index (χ0) is 17.3. The Morgan fingerprint density at radius 2 is 2.08 bits per heavy atom. The summed E-state index contributed by atoms with van der Waals surface area (Å²) in [5.41, 5.74) is 3.02. The first-order valence-electron chi connectivity index (χ1n) is 7.46. The number of nitrogens with zero attached hydrogens (tertiary/aromatic N) is 4. The fourth-order valence-electron chi connectivity index (χ4n) is 2.23. The Morgan fingerprint density at radius 3 is 2.79 bits per heavy atom. The molecule has 0 fully saturated rings. The van der Waals surface area contributed by atoms with Crippen molar-refractivity contribution in [2.75, 3.05) is 5.75 Å². The number of allylic oxidation sites excluding steroid dienone is 1. The van der Waals surface area contributed by atoms with Crippen molar-refractivity contribution in [2.24, 2.45) is 0 Å². The molecule has 24 heavy (non-hydrogen) atoms. The molecular weight excluding hydrogens is 344 g/mol. The second-order valence-corrected chi connectivity index (χ2v) is 7.07. The molecule has 0 spiro atoms. The van der Waals surface area contributed by atoms with Gasteiger partial charge in [0, 0.05) is 28.9 Å². The number of fused-ring (bicyclic) bond motifs is 1. The van der Waals surface area contributed by atoms with Crippen molar-refractivity contribution in [2.45, 2.75) is 25.9 Å². The van der Waals surface area contributed by atoms with E-state index < -0.39 is 0 Å². The van der Waals surface area contributed by atoms with Crippen LogP contribution < -0.4 is 5.56 Å². The van der Waals surface area contributed by atoms with E-state index in [4.69, 9.17) is 11.6 Å². The summed E-state index contributed by atoms with van der Waals surface area (Å²) in [5, 5.41) is 9.57. The number of halogens is 1. The Bertz CT molecular complexity index is 986. The van der Waals surface area contributed by atoms with Crippen LogP contribution in [0.25, 0.3) is 11.3 Å². The molecule has 0 amide bonds. The summed E-state index contributed by atoms with van der Waals surface area (Å²) in [6.45, 7) is 6.01. The van der Waals surface area contributed by atoms with E-state index in [0.29, 0.717) is 15.8 Å². The number of benzene rings is 1. The van der Waals surface area contributed by atoms with Crippen LogP contribution in [0.2, 0.25) is 5.02 Å². The van der Waals surface area contributed by atoms with Gasteiger partial charge in [-0.15, -0.1) is 10.2 Å². The van der Waals surface area contributed by atoms with Gasteiger partial charge in [0.05, 0.1) is 0 Å². The molecule has 0 unspecified atom stereocenters. The van der Waals surface area contributed by atoms with Gasteiger partial charge in [-0.1, -0.05) is 35.0 Å². The van der Waals surface area contributed by atoms with Crippen LogP contribution in [0, 0.1) is 6.92 Å². The molecule has 2 aromatic heterocycles. The predicted molar refractivity (Wildman–Crippen MR) is 98.5 cm³/mol. The SMILES string of the molecule is CC(C)=CCSc1nnc2c(=O)n(-c3ccc(Cl)c(C)c3)ccn12. The second-order valence-electron chi connectivity index (χ2n) is 5.68. The zero-order valence-electron chi connectivity index (χ0n) is 13.7. The molecule has 0 aliphatic heterocycles. The molecule has 0 atom stereocenters. The molecule has 5 nitrogen and oxygen atoms in total. The van der Waals surface area contributed by atoms with Gasteiger partial charge < -0.3 is 0 Å². The van der Waals surface area contributed by atoms with Gasteiger partial charge in [0.1, 0.15) is 0 Å². The van der Waals surface area contributed by atoms with E-state index in [0.717, 1.165) is 17.0 Å². The normalized spacial score (nSPS) is 11.0. The molecule has 3 rings (SSSR count). The molecule has 2 heterocycles. The summed E-state index contributed by atoms with van der Waals surface area (Å²) >= 11 is 7.60. The highest BCUT2D eigenvalue weighted by Gasteiger charge is 2.12. The number of hydrogen-bond donors (Lipinski definition) is 0. The molecule has 0 aliphatic carbocycles. The van der Waals surface area contributed by atoms with Crippen LogP contribution in [-0.2, 0) is 0 Å². The molecule has 7 heteroatoms. The highest BCUT2D eigenvalue weighted by molar-refractivity contribution is 7.99. The van der Waals surface area contributed by atoms with E-state index in [1.54, 1.807) is 33.0 Å². The van der Waals surface area contributed by atoms with Crippen molar-refractivity contribution in [1.29, 1.82) is 0 Å². The molecule has 0 saturated carbocycles. The number of aryl methyl sites for hydroxylation is 1. The van der Waals surface area contributed by atoms with Gasteiger partial charge in [-0.3, -0.25) is 13.8 Å². The minimum atomic E-state index is -0.208. The first-order valence-corrected chi connectivity index (χ1v) is 8.83. The van der Waals surface area contributed by atoms with Crippen LogP contribution in [0.4, 0.5) is 0 Å². The minimum absolute atomic E-state index is 0.208. The zero-order valence-corrected chi connectivity index (χ0v) is 15.2. The van der Waals surface area contributed by atoms with Crippen LogP contribution >= 0.6 is 23.4 Å². The maximum atomic E-state index is 12.7. The Morgan fingerprint density at radius 1 is 1.29 bits per heavy atom. The lowest BCUT2D eigenvalue weighted by atomic mass is 10.2. The lowest BCUT2D eigenvalue weighted by molar-refractivity contribution is 0.894. The highest BCUT2D eigenvalue weighted by Crippen LogP contribution is 2.19. The van der Waals surface area contributed by atoms with Gasteiger partial charge >= 0.3 is 5.56 Å². The first kappa shape index (κ1) is 16.8. The van der Waals surface area contributed by atoms with Crippen molar-refractivity contribution in [1.82, 2.24) is 19.2 Å². The molecule has 0 N–H and O–H groups in total. The monoisotopic (exact) mass is 360 g/mol. The quantitative estimate of drug-likeness (QED) is 0.523. The summed E-state index contributed by atoms with van der Waals surface area (Å²) in [6, 6.07) is 5.47. The van der Waals surface area contributed by atoms with Crippen LogP contribution in [0.5, 0.6) is 0 Å². The van der Waals surface area contributed by atoms with Crippen LogP contribution in [0.15, 0.2) is 52.2 Å². The second kappa shape index (κ2) is 6.83. The van der Waals surface area contributed by atoms with Crippen molar-refractivity contribution in [3.8, 4) is 5.69 Å². The van der Waals surface area contributed by atoms with Gasteiger partial charge in [-0.05, 0) is 44.5 Å². The molecule has 3 aromatic rings. The van der Waals surface area contributed by atoms with Gasteiger partial charge in [0.25, 0.3) is 0 Å². The van der Waals surface area contributed by atoms with E-state index in [-0.39, 0.29) is 5.56 Å². The molecule has 0 radical (unpaired) electrons. The largest absolute Gasteiger partial charge is 0.300 e. The topological polar surface area (TPSA) is 52.2 Å². The summed E-state index contributed by atoms with van der Waals surface area (Å²) in [4.78, 5) is 12.7. The van der Waals surface area contributed by atoms with Crippen molar-refractivity contribution in [3.05, 3.63) is 63.2 Å². The van der Waals surface area contributed by atoms with Gasteiger partial charge in [-0.2, -0.15) is 0 Å². The molecular formula is C17H17ClN4OS. The highest BCUT2D eigenvalue weighted by atomic mass is 35.5. The van der Waals surface area contributed by atoms with E-state index >= 15 is 0 Å².